The van der Waals surface area contributed by atoms with E-state index in [1.807, 2.05) is 11.3 Å². The molecule has 308 valence electrons. The maximum absolute atomic E-state index is 3.88. The van der Waals surface area contributed by atoms with E-state index in [0.29, 0.717) is 0 Å². The summed E-state index contributed by atoms with van der Waals surface area (Å²) in [6.07, 6.45) is 0. The number of fused-ring (bicyclic) bond motifs is 13. The van der Waals surface area contributed by atoms with E-state index in [2.05, 4.69) is 231 Å². The molecule has 0 saturated carbocycles. The molecular formula is C58H47BN4S. The number of para-hydroxylation sites is 4. The fourth-order valence-electron chi connectivity index (χ4n) is 10.9. The van der Waals surface area contributed by atoms with Gasteiger partial charge in [-0.1, -0.05) is 145 Å². The van der Waals surface area contributed by atoms with Crippen LogP contribution in [-0.2, 0) is 10.8 Å². The highest BCUT2D eigenvalue weighted by Gasteiger charge is 2.45. The predicted octanol–water partition coefficient (Wildman–Crippen LogP) is 14.0. The van der Waals surface area contributed by atoms with Crippen molar-refractivity contribution in [3.63, 3.8) is 0 Å². The number of benzene rings is 8. The predicted molar refractivity (Wildman–Crippen MR) is 277 cm³/mol. The molecule has 6 heteroatoms. The molecule has 4 nitrogen and oxygen atoms in total. The lowest BCUT2D eigenvalue weighted by Gasteiger charge is -2.39. The SMILES string of the molecule is CC(C)(C)c1ccc(N2c3cc(Nc4ccccc4)cc4c3B(c3sc5cc(C(C)(C)C)ccc5c32)c2cccc3c5c(ccc6c7ccccc7n(-c7ccccc7)c65)n-4c23)cc1. The van der Waals surface area contributed by atoms with Crippen LogP contribution in [0.2, 0.25) is 0 Å². The zero-order chi connectivity index (χ0) is 43.2. The van der Waals surface area contributed by atoms with Crippen LogP contribution in [0, 0.1) is 0 Å². The van der Waals surface area contributed by atoms with Crippen LogP contribution in [-0.4, -0.2) is 15.8 Å². The van der Waals surface area contributed by atoms with Crippen LogP contribution in [0.15, 0.2) is 170 Å². The third kappa shape index (κ3) is 5.29. The van der Waals surface area contributed by atoms with Crippen LogP contribution in [0.5, 0.6) is 0 Å². The Hall–Kier alpha value is -7.02. The normalized spacial score (nSPS) is 13.4. The number of aromatic nitrogens is 2. The van der Waals surface area contributed by atoms with E-state index in [-0.39, 0.29) is 17.5 Å². The molecule has 0 bridgehead atoms. The van der Waals surface area contributed by atoms with Crippen molar-refractivity contribution in [3.05, 3.63) is 181 Å². The van der Waals surface area contributed by atoms with Crippen LogP contribution in [0.1, 0.15) is 52.7 Å². The lowest BCUT2D eigenvalue weighted by Crippen LogP contribution is -2.59. The maximum atomic E-state index is 3.88. The van der Waals surface area contributed by atoms with E-state index in [9.17, 15) is 0 Å². The molecule has 0 saturated heterocycles. The molecule has 0 atom stereocenters. The number of rotatable bonds is 4. The van der Waals surface area contributed by atoms with Gasteiger partial charge in [0.1, 0.15) is 0 Å². The second kappa shape index (κ2) is 13.3. The molecule has 2 aliphatic rings. The van der Waals surface area contributed by atoms with Crippen molar-refractivity contribution in [2.45, 2.75) is 52.4 Å². The van der Waals surface area contributed by atoms with Crippen molar-refractivity contribution in [1.29, 1.82) is 0 Å². The van der Waals surface area contributed by atoms with Gasteiger partial charge in [0.25, 0.3) is 6.71 Å². The number of nitrogens with zero attached hydrogens (tertiary/aromatic N) is 3. The van der Waals surface area contributed by atoms with Gasteiger partial charge in [0.2, 0.25) is 0 Å². The zero-order valence-corrected chi connectivity index (χ0v) is 37.8. The zero-order valence-electron chi connectivity index (χ0n) is 37.0. The maximum Gasteiger partial charge on any atom is 0.264 e. The Morgan fingerprint density at radius 3 is 1.92 bits per heavy atom. The van der Waals surface area contributed by atoms with Crippen LogP contribution >= 0.6 is 11.3 Å². The van der Waals surface area contributed by atoms with Crippen molar-refractivity contribution in [1.82, 2.24) is 9.13 Å². The summed E-state index contributed by atoms with van der Waals surface area (Å²) in [4.78, 5) is 2.59. The Kier molecular flexibility index (Phi) is 7.78. The highest BCUT2D eigenvalue weighted by molar-refractivity contribution is 7.33. The Balaban J connectivity index is 1.19. The van der Waals surface area contributed by atoms with Gasteiger partial charge < -0.3 is 19.4 Å². The minimum Gasteiger partial charge on any atom is -0.355 e. The van der Waals surface area contributed by atoms with Crippen LogP contribution in [0.3, 0.4) is 0 Å². The molecule has 0 amide bonds. The number of thiophene rings is 1. The van der Waals surface area contributed by atoms with Crippen molar-refractivity contribution >= 4 is 116 Å². The third-order valence-electron chi connectivity index (χ3n) is 13.9. The van der Waals surface area contributed by atoms with Crippen molar-refractivity contribution < 1.29 is 0 Å². The van der Waals surface area contributed by atoms with Crippen LogP contribution in [0.4, 0.5) is 28.4 Å². The molecule has 11 aromatic rings. The minimum atomic E-state index is 0.0280. The second-order valence-corrected chi connectivity index (χ2v) is 21.0. The minimum absolute atomic E-state index is 0.0280. The van der Waals surface area contributed by atoms with Gasteiger partial charge in [-0.3, -0.25) is 0 Å². The van der Waals surface area contributed by atoms with E-state index >= 15 is 0 Å². The fourth-order valence-corrected chi connectivity index (χ4v) is 12.3. The summed E-state index contributed by atoms with van der Waals surface area (Å²) in [5.74, 6) is 0. The van der Waals surface area contributed by atoms with Crippen LogP contribution in [0.25, 0.3) is 65.1 Å². The van der Waals surface area contributed by atoms with Gasteiger partial charge in [0.15, 0.2) is 0 Å². The average molecular weight is 843 g/mol. The van der Waals surface area contributed by atoms with E-state index in [1.54, 1.807) is 0 Å². The van der Waals surface area contributed by atoms with E-state index in [0.717, 1.165) is 11.4 Å². The number of hydrogen-bond donors (Lipinski definition) is 1. The third-order valence-corrected chi connectivity index (χ3v) is 15.2. The Bertz CT molecular complexity index is 3710. The summed E-state index contributed by atoms with van der Waals surface area (Å²) < 4.78 is 7.83. The van der Waals surface area contributed by atoms with Crippen molar-refractivity contribution in [3.8, 4) is 11.4 Å². The first-order valence-electron chi connectivity index (χ1n) is 22.6. The van der Waals surface area contributed by atoms with Crippen molar-refractivity contribution in [2.75, 3.05) is 10.2 Å². The molecule has 8 aromatic carbocycles. The van der Waals surface area contributed by atoms with Gasteiger partial charge in [-0.15, -0.1) is 11.3 Å². The van der Waals surface area contributed by atoms with Crippen molar-refractivity contribution in [2.24, 2.45) is 0 Å². The van der Waals surface area contributed by atoms with E-state index in [1.165, 1.54) is 109 Å². The summed E-state index contributed by atoms with van der Waals surface area (Å²) in [6, 6.07) is 63.7. The summed E-state index contributed by atoms with van der Waals surface area (Å²) in [6.45, 7) is 13.9. The first-order chi connectivity index (χ1) is 31.0. The highest BCUT2D eigenvalue weighted by atomic mass is 32.1. The quantitative estimate of drug-likeness (QED) is 0.179. The molecule has 0 unspecified atom stereocenters. The van der Waals surface area contributed by atoms with Gasteiger partial charge in [-0.2, -0.15) is 0 Å². The van der Waals surface area contributed by atoms with Gasteiger partial charge in [0.05, 0.1) is 22.2 Å². The van der Waals surface area contributed by atoms with Gasteiger partial charge in [0, 0.05) is 76.0 Å². The molecule has 1 N–H and O–H groups in total. The molecule has 0 spiro atoms. The molecular weight excluding hydrogens is 796 g/mol. The molecule has 13 rings (SSSR count). The fraction of sp³-hybridized carbons (Fsp3) is 0.138. The first-order valence-corrected chi connectivity index (χ1v) is 23.4. The van der Waals surface area contributed by atoms with Crippen LogP contribution < -0.4 is 25.9 Å². The molecule has 0 fully saturated rings. The molecule has 0 radical (unpaired) electrons. The Morgan fingerprint density at radius 1 is 0.484 bits per heavy atom. The largest absolute Gasteiger partial charge is 0.355 e. The standard InChI is InChI=1S/C58H47BN4S/c1-57(2,3)35-24-27-40(28-25-35)62-48-33-38(60-37-16-9-7-10-17-37)34-49-52(48)59(56-55(62)43-29-26-36(58(4,5)6)32-50(43)64-56)45-22-15-21-44-51-47(63(49)53(44)45)31-30-42-41-20-13-14-23-46(41)61(54(42)51)39-18-11-8-12-19-39/h7-34,60H,1-6H3. The van der Waals surface area contributed by atoms with Gasteiger partial charge in [-0.25, -0.2) is 0 Å². The summed E-state index contributed by atoms with van der Waals surface area (Å²) in [5.41, 5.74) is 18.6. The lowest BCUT2D eigenvalue weighted by molar-refractivity contribution is 0.590. The smallest absolute Gasteiger partial charge is 0.264 e. The molecule has 0 aliphatic carbocycles. The lowest BCUT2D eigenvalue weighted by atomic mass is 9.36. The second-order valence-electron chi connectivity index (χ2n) is 19.9. The first kappa shape index (κ1) is 37.5. The Morgan fingerprint density at radius 2 is 1.16 bits per heavy atom. The van der Waals surface area contributed by atoms with E-state index < -0.39 is 0 Å². The molecule has 5 heterocycles. The number of hydrogen-bond acceptors (Lipinski definition) is 3. The van der Waals surface area contributed by atoms with Gasteiger partial charge in [-0.05, 0) is 99.6 Å². The highest BCUT2D eigenvalue weighted by Crippen LogP contribution is 2.49. The molecule has 64 heavy (non-hydrogen) atoms. The monoisotopic (exact) mass is 842 g/mol. The average Bonchev–Trinajstić information content (AvgIpc) is 3.96. The Labute approximate surface area is 378 Å². The summed E-state index contributed by atoms with van der Waals surface area (Å²) >= 11 is 1.98. The number of anilines is 5. The van der Waals surface area contributed by atoms with E-state index in [4.69, 9.17) is 0 Å². The van der Waals surface area contributed by atoms with Gasteiger partial charge >= 0.3 is 0 Å². The molecule has 2 aliphatic heterocycles. The topological polar surface area (TPSA) is 25.1 Å². The summed E-state index contributed by atoms with van der Waals surface area (Å²) in [7, 11) is 0. The summed E-state index contributed by atoms with van der Waals surface area (Å²) in [5, 5.41) is 10.3. The number of nitrogens with one attached hydrogen (secondary N) is 1. The molecule has 3 aromatic heterocycles.